The Balaban J connectivity index is 1.64. The second-order valence-electron chi connectivity index (χ2n) is 6.59. The molecule has 0 atom stereocenters. The molecule has 0 bridgehead atoms. The summed E-state index contributed by atoms with van der Waals surface area (Å²) in [5, 5.41) is 3.73. The van der Waals surface area contributed by atoms with E-state index in [9.17, 15) is 4.79 Å². The first-order valence-corrected chi connectivity index (χ1v) is 9.56. The predicted octanol–water partition coefficient (Wildman–Crippen LogP) is 4.45. The van der Waals surface area contributed by atoms with Crippen LogP contribution >= 0.6 is 11.6 Å². The molecule has 0 fully saturated rings. The summed E-state index contributed by atoms with van der Waals surface area (Å²) in [5.41, 5.74) is 3.75. The van der Waals surface area contributed by atoms with Crippen molar-refractivity contribution in [2.45, 2.75) is 27.0 Å². The third-order valence-electron chi connectivity index (χ3n) is 4.49. The lowest BCUT2D eigenvalue weighted by atomic mass is 10.1. The molecule has 0 spiro atoms. The molecule has 1 heterocycles. The van der Waals surface area contributed by atoms with Gasteiger partial charge in [-0.15, -0.1) is 0 Å². The highest BCUT2D eigenvalue weighted by Gasteiger charge is 2.12. The number of carbonyl (C=O) groups is 1. The maximum atomic E-state index is 11.2. The number of rotatable bonds is 8. The summed E-state index contributed by atoms with van der Waals surface area (Å²) in [6.45, 7) is 4.87. The van der Waals surface area contributed by atoms with E-state index in [-0.39, 0.29) is 12.5 Å². The summed E-state index contributed by atoms with van der Waals surface area (Å²) >= 11 is 5.93. The van der Waals surface area contributed by atoms with Crippen molar-refractivity contribution in [2.24, 2.45) is 0 Å². The monoisotopic (exact) mass is 414 g/mol. The van der Waals surface area contributed by atoms with Gasteiger partial charge >= 0.3 is 5.97 Å². The summed E-state index contributed by atoms with van der Waals surface area (Å²) < 4.78 is 16.3. The van der Waals surface area contributed by atoms with Gasteiger partial charge in [0.15, 0.2) is 0 Å². The van der Waals surface area contributed by atoms with Crippen LogP contribution in [0.5, 0.6) is 5.75 Å². The van der Waals surface area contributed by atoms with E-state index < -0.39 is 0 Å². The molecular formula is C22H23ClN2O4. The summed E-state index contributed by atoms with van der Waals surface area (Å²) in [7, 11) is 1.37. The van der Waals surface area contributed by atoms with Crippen LogP contribution in [-0.4, -0.2) is 24.6 Å². The minimum Gasteiger partial charge on any atom is -0.487 e. The molecule has 0 aliphatic heterocycles. The number of halogens is 1. The van der Waals surface area contributed by atoms with Crippen LogP contribution in [0.25, 0.3) is 11.5 Å². The first-order chi connectivity index (χ1) is 14.0. The number of carbonyl (C=O) groups excluding carboxylic acids is 1. The van der Waals surface area contributed by atoms with Crippen LogP contribution < -0.4 is 10.1 Å². The average Bonchev–Trinajstić information content (AvgIpc) is 3.09. The van der Waals surface area contributed by atoms with Gasteiger partial charge in [-0.3, -0.25) is 4.79 Å². The highest BCUT2D eigenvalue weighted by Crippen LogP contribution is 2.25. The number of nitrogens with zero attached hydrogens (tertiary/aromatic N) is 1. The quantitative estimate of drug-likeness (QED) is 0.549. The number of methoxy groups -OCH3 is 1. The Morgan fingerprint density at radius 3 is 2.66 bits per heavy atom. The molecule has 0 unspecified atom stereocenters. The maximum absolute atomic E-state index is 11.2. The minimum absolute atomic E-state index is 0.159. The first kappa shape index (κ1) is 20.9. The summed E-state index contributed by atoms with van der Waals surface area (Å²) in [5.74, 6) is 1.67. The van der Waals surface area contributed by atoms with Gasteiger partial charge in [0, 0.05) is 17.1 Å². The number of aromatic nitrogens is 1. The van der Waals surface area contributed by atoms with Crippen molar-refractivity contribution >= 4 is 17.6 Å². The van der Waals surface area contributed by atoms with Gasteiger partial charge in [0.05, 0.1) is 13.7 Å². The Bertz CT molecular complexity index is 983. The van der Waals surface area contributed by atoms with E-state index in [0.29, 0.717) is 29.8 Å². The molecular weight excluding hydrogens is 392 g/mol. The number of nitrogens with one attached hydrogen (secondary N) is 1. The Morgan fingerprint density at radius 1 is 1.17 bits per heavy atom. The Morgan fingerprint density at radius 2 is 1.93 bits per heavy atom. The molecule has 7 heteroatoms. The second-order valence-corrected chi connectivity index (χ2v) is 7.02. The molecule has 0 radical (unpaired) electrons. The fourth-order valence-corrected chi connectivity index (χ4v) is 2.86. The Labute approximate surface area is 174 Å². The van der Waals surface area contributed by atoms with Crippen molar-refractivity contribution in [1.29, 1.82) is 0 Å². The number of aryl methyl sites for hydroxylation is 2. The first-order valence-electron chi connectivity index (χ1n) is 9.18. The third kappa shape index (κ3) is 5.59. The summed E-state index contributed by atoms with van der Waals surface area (Å²) in [6.07, 6.45) is 0. The number of hydrogen-bond acceptors (Lipinski definition) is 6. The minimum atomic E-state index is -0.298. The van der Waals surface area contributed by atoms with Gasteiger partial charge in [-0.05, 0) is 61.4 Å². The molecule has 3 rings (SSSR count). The number of esters is 1. The molecule has 0 aliphatic carbocycles. The molecule has 0 aliphatic rings. The van der Waals surface area contributed by atoms with Crippen molar-refractivity contribution in [1.82, 2.24) is 10.3 Å². The third-order valence-corrected chi connectivity index (χ3v) is 4.74. The normalized spacial score (nSPS) is 10.8. The molecule has 29 heavy (non-hydrogen) atoms. The summed E-state index contributed by atoms with van der Waals surface area (Å²) in [6, 6.07) is 13.2. The van der Waals surface area contributed by atoms with Crippen molar-refractivity contribution in [3.8, 4) is 17.2 Å². The standard InChI is InChI=1S/C22H23ClN2O4/c1-14-4-9-19(10-17(14)11-24-12-21(26)27-3)28-13-20-15(2)29-22(25-20)16-5-7-18(23)8-6-16/h4-10,24H,11-13H2,1-3H3. The van der Waals surface area contributed by atoms with E-state index in [4.69, 9.17) is 20.8 Å². The molecule has 1 N–H and O–H groups in total. The van der Waals surface area contributed by atoms with Crippen molar-refractivity contribution in [2.75, 3.05) is 13.7 Å². The Kier molecular flexibility index (Phi) is 6.90. The van der Waals surface area contributed by atoms with Crippen molar-refractivity contribution < 1.29 is 18.7 Å². The SMILES string of the molecule is COC(=O)CNCc1cc(OCc2nc(-c3ccc(Cl)cc3)oc2C)ccc1C. The number of ether oxygens (including phenoxy) is 2. The van der Waals surface area contributed by atoms with Crippen LogP contribution in [0.4, 0.5) is 0 Å². The van der Waals surface area contributed by atoms with Crippen LogP contribution in [0.15, 0.2) is 46.9 Å². The van der Waals surface area contributed by atoms with E-state index in [2.05, 4.69) is 15.0 Å². The number of benzene rings is 2. The molecule has 6 nitrogen and oxygen atoms in total. The molecule has 2 aromatic carbocycles. The largest absolute Gasteiger partial charge is 0.487 e. The van der Waals surface area contributed by atoms with Gasteiger partial charge in [-0.2, -0.15) is 0 Å². The van der Waals surface area contributed by atoms with Gasteiger partial charge in [0.2, 0.25) is 5.89 Å². The molecule has 152 valence electrons. The van der Waals surface area contributed by atoms with E-state index in [1.54, 1.807) is 12.1 Å². The van der Waals surface area contributed by atoms with Gasteiger partial charge in [0.25, 0.3) is 0 Å². The van der Waals surface area contributed by atoms with Gasteiger partial charge in [-0.1, -0.05) is 17.7 Å². The molecule has 0 amide bonds. The van der Waals surface area contributed by atoms with Crippen molar-refractivity contribution in [3.05, 3.63) is 70.1 Å². The predicted molar refractivity (Wildman–Crippen MR) is 111 cm³/mol. The Hall–Kier alpha value is -2.83. The van der Waals surface area contributed by atoms with Gasteiger partial charge < -0.3 is 19.2 Å². The molecule has 3 aromatic rings. The maximum Gasteiger partial charge on any atom is 0.319 e. The highest BCUT2D eigenvalue weighted by molar-refractivity contribution is 6.30. The van der Waals surface area contributed by atoms with E-state index in [0.717, 1.165) is 28.1 Å². The lowest BCUT2D eigenvalue weighted by Crippen LogP contribution is -2.23. The van der Waals surface area contributed by atoms with Gasteiger partial charge in [0.1, 0.15) is 23.8 Å². The fourth-order valence-electron chi connectivity index (χ4n) is 2.73. The van der Waals surface area contributed by atoms with E-state index in [1.165, 1.54) is 7.11 Å². The fraction of sp³-hybridized carbons (Fsp3) is 0.273. The van der Waals surface area contributed by atoms with Crippen LogP contribution in [0, 0.1) is 13.8 Å². The van der Waals surface area contributed by atoms with Crippen LogP contribution in [0.3, 0.4) is 0 Å². The van der Waals surface area contributed by atoms with E-state index >= 15 is 0 Å². The summed E-state index contributed by atoms with van der Waals surface area (Å²) in [4.78, 5) is 15.8. The topological polar surface area (TPSA) is 73.6 Å². The second kappa shape index (κ2) is 9.58. The smallest absolute Gasteiger partial charge is 0.319 e. The molecule has 0 saturated carbocycles. The zero-order valence-electron chi connectivity index (χ0n) is 16.6. The average molecular weight is 415 g/mol. The zero-order chi connectivity index (χ0) is 20.8. The molecule has 1 aromatic heterocycles. The van der Waals surface area contributed by atoms with Crippen LogP contribution in [0.2, 0.25) is 5.02 Å². The zero-order valence-corrected chi connectivity index (χ0v) is 17.4. The lowest BCUT2D eigenvalue weighted by Gasteiger charge is -2.11. The highest BCUT2D eigenvalue weighted by atomic mass is 35.5. The lowest BCUT2D eigenvalue weighted by molar-refractivity contribution is -0.139. The van der Waals surface area contributed by atoms with Crippen LogP contribution in [0.1, 0.15) is 22.6 Å². The number of hydrogen-bond donors (Lipinski definition) is 1. The van der Waals surface area contributed by atoms with Gasteiger partial charge in [-0.25, -0.2) is 4.98 Å². The molecule has 0 saturated heterocycles. The number of oxazole rings is 1. The van der Waals surface area contributed by atoms with Crippen LogP contribution in [-0.2, 0) is 22.7 Å². The van der Waals surface area contributed by atoms with Crippen molar-refractivity contribution in [3.63, 3.8) is 0 Å². The van der Waals surface area contributed by atoms with E-state index in [1.807, 2.05) is 44.2 Å².